The van der Waals surface area contributed by atoms with Gasteiger partial charge in [0.2, 0.25) is 0 Å². The van der Waals surface area contributed by atoms with Gasteiger partial charge in [-0.15, -0.1) is 11.3 Å². The third kappa shape index (κ3) is 2.94. The lowest BCUT2D eigenvalue weighted by Gasteiger charge is -2.33. The number of thiophene rings is 1. The van der Waals surface area contributed by atoms with Crippen LogP contribution in [-0.2, 0) is 0 Å². The summed E-state index contributed by atoms with van der Waals surface area (Å²) in [5.41, 5.74) is 6.14. The zero-order chi connectivity index (χ0) is 21.9. The van der Waals surface area contributed by atoms with E-state index in [1.54, 1.807) is 4.90 Å². The molecule has 0 bridgehead atoms. The number of carbonyl (C=O) groups excluding carboxylic acids is 1. The van der Waals surface area contributed by atoms with Gasteiger partial charge in [-0.2, -0.15) is 5.26 Å². The second-order valence-electron chi connectivity index (χ2n) is 7.34. The molecule has 3 heterocycles. The molecule has 31 heavy (non-hydrogen) atoms. The van der Waals surface area contributed by atoms with Gasteiger partial charge in [0.25, 0.3) is 5.91 Å². The minimum Gasteiger partial charge on any atom is -0.487 e. The Kier molecular flexibility index (Phi) is 4.73. The average Bonchev–Trinajstić information content (AvgIpc) is 3.03. The van der Waals surface area contributed by atoms with Crippen molar-refractivity contribution in [1.29, 1.82) is 5.26 Å². The molecule has 2 aromatic carbocycles. The van der Waals surface area contributed by atoms with Crippen LogP contribution in [0.5, 0.6) is 5.75 Å². The van der Waals surface area contributed by atoms with Crippen molar-refractivity contribution >= 4 is 43.9 Å². The third-order valence-electron chi connectivity index (χ3n) is 5.63. The molecule has 1 unspecified atom stereocenters. The molecule has 1 aromatic heterocycles. The maximum absolute atomic E-state index is 15.8. The van der Waals surface area contributed by atoms with Crippen LogP contribution in [0.1, 0.15) is 15.9 Å². The van der Waals surface area contributed by atoms with Crippen LogP contribution >= 0.6 is 22.9 Å². The highest BCUT2D eigenvalue weighted by atomic mass is 35.5. The van der Waals surface area contributed by atoms with Crippen LogP contribution in [0.15, 0.2) is 18.2 Å². The first-order chi connectivity index (χ1) is 14.9. The van der Waals surface area contributed by atoms with Gasteiger partial charge in [-0.1, -0.05) is 17.7 Å². The van der Waals surface area contributed by atoms with Gasteiger partial charge in [-0.25, -0.2) is 8.78 Å². The van der Waals surface area contributed by atoms with Gasteiger partial charge in [-0.3, -0.25) is 4.79 Å². The number of rotatable bonds is 1. The van der Waals surface area contributed by atoms with Crippen molar-refractivity contribution in [1.82, 2.24) is 10.2 Å². The zero-order valence-corrected chi connectivity index (χ0v) is 17.5. The minimum atomic E-state index is -0.828. The van der Waals surface area contributed by atoms with Gasteiger partial charge in [0.1, 0.15) is 23.5 Å². The fourth-order valence-electron chi connectivity index (χ4n) is 4.17. The van der Waals surface area contributed by atoms with Crippen molar-refractivity contribution in [3.63, 3.8) is 0 Å². The van der Waals surface area contributed by atoms with E-state index in [9.17, 15) is 14.4 Å². The molecule has 3 N–H and O–H groups in total. The number of ether oxygens (including phenoxy) is 1. The number of anilines is 1. The van der Waals surface area contributed by atoms with E-state index < -0.39 is 11.6 Å². The van der Waals surface area contributed by atoms with Gasteiger partial charge in [-0.05, 0) is 17.7 Å². The predicted octanol–water partition coefficient (Wildman–Crippen LogP) is 3.76. The molecule has 1 saturated heterocycles. The average molecular weight is 461 g/mol. The third-order valence-corrected chi connectivity index (χ3v) is 6.96. The molecule has 0 saturated carbocycles. The van der Waals surface area contributed by atoms with Crippen molar-refractivity contribution in [2.45, 2.75) is 6.04 Å². The topological polar surface area (TPSA) is 91.4 Å². The van der Waals surface area contributed by atoms with Crippen molar-refractivity contribution < 1.29 is 18.3 Å². The fraction of sp³-hybridized carbons (Fsp3) is 0.238. The summed E-state index contributed by atoms with van der Waals surface area (Å²) in [6.07, 6.45) is 0. The SMILES string of the molecule is N#Cc1c(N)sc2c(F)ccc(-c3c(Cl)cc4c(c3F)OCC3CNCCN3C4=O)c12. The molecular formula is C21H15ClF2N4O2S. The zero-order valence-electron chi connectivity index (χ0n) is 16.0. The van der Waals surface area contributed by atoms with Crippen LogP contribution in [-0.4, -0.2) is 43.1 Å². The molecule has 10 heteroatoms. The van der Waals surface area contributed by atoms with Crippen LogP contribution in [0.2, 0.25) is 5.02 Å². The molecule has 6 nitrogen and oxygen atoms in total. The number of carbonyl (C=O) groups is 1. The Bertz CT molecular complexity index is 1300. The maximum atomic E-state index is 15.8. The van der Waals surface area contributed by atoms with Crippen LogP contribution in [0.25, 0.3) is 21.2 Å². The highest BCUT2D eigenvalue weighted by molar-refractivity contribution is 7.23. The summed E-state index contributed by atoms with van der Waals surface area (Å²) in [5.74, 6) is -1.95. The van der Waals surface area contributed by atoms with Gasteiger partial charge < -0.3 is 20.7 Å². The Balaban J connectivity index is 1.76. The van der Waals surface area contributed by atoms with Gasteiger partial charge in [0.15, 0.2) is 11.6 Å². The summed E-state index contributed by atoms with van der Waals surface area (Å²) in [6, 6.07) is 5.64. The number of nitrogen functional groups attached to an aromatic ring is 1. The van der Waals surface area contributed by atoms with Crippen molar-refractivity contribution in [2.24, 2.45) is 0 Å². The molecule has 1 atom stereocenters. The molecule has 0 aliphatic carbocycles. The Labute approximate surface area is 184 Å². The van der Waals surface area contributed by atoms with Crippen LogP contribution in [0.3, 0.4) is 0 Å². The van der Waals surface area contributed by atoms with E-state index in [-0.39, 0.29) is 66.7 Å². The van der Waals surface area contributed by atoms with Crippen LogP contribution < -0.4 is 15.8 Å². The fourth-order valence-corrected chi connectivity index (χ4v) is 5.41. The standard InChI is InChI=1S/C21H15ClF2N4O2S/c22-13-5-11-18(30-8-9-7-27-3-4-28(9)21(11)29)17(24)16(13)10-1-2-14(23)19-15(10)12(6-25)20(26)31-19/h1-2,5,9,27H,3-4,7-8,26H2. The first-order valence-electron chi connectivity index (χ1n) is 9.49. The molecule has 1 fully saturated rings. The highest BCUT2D eigenvalue weighted by Gasteiger charge is 2.36. The second-order valence-corrected chi connectivity index (χ2v) is 8.80. The van der Waals surface area contributed by atoms with E-state index in [1.165, 1.54) is 18.2 Å². The van der Waals surface area contributed by atoms with Crippen molar-refractivity contribution in [3.05, 3.63) is 46.0 Å². The summed E-state index contributed by atoms with van der Waals surface area (Å²) in [7, 11) is 0. The molecule has 0 spiro atoms. The van der Waals surface area contributed by atoms with E-state index in [0.717, 1.165) is 11.3 Å². The van der Waals surface area contributed by atoms with Crippen LogP contribution in [0, 0.1) is 23.0 Å². The molecule has 2 aliphatic heterocycles. The van der Waals surface area contributed by atoms with Crippen LogP contribution in [0.4, 0.5) is 13.8 Å². The highest BCUT2D eigenvalue weighted by Crippen LogP contribution is 2.46. The van der Waals surface area contributed by atoms with E-state index >= 15 is 4.39 Å². The normalized spacial score (nSPS) is 18.2. The lowest BCUT2D eigenvalue weighted by atomic mass is 9.96. The number of benzene rings is 2. The number of fused-ring (bicyclic) bond motifs is 3. The largest absolute Gasteiger partial charge is 0.487 e. The predicted molar refractivity (Wildman–Crippen MR) is 115 cm³/mol. The lowest BCUT2D eigenvalue weighted by molar-refractivity contribution is 0.0606. The van der Waals surface area contributed by atoms with Gasteiger partial charge in [0, 0.05) is 30.6 Å². The quantitative estimate of drug-likeness (QED) is 0.577. The molecule has 1 amide bonds. The lowest BCUT2D eigenvalue weighted by Crippen LogP contribution is -2.54. The Morgan fingerprint density at radius 2 is 2.16 bits per heavy atom. The number of nitrogens with zero attached hydrogens (tertiary/aromatic N) is 2. The second kappa shape index (κ2) is 7.34. The molecule has 2 aliphatic rings. The number of halogens is 3. The molecule has 3 aromatic rings. The Morgan fingerprint density at radius 3 is 2.94 bits per heavy atom. The Morgan fingerprint density at radius 1 is 1.35 bits per heavy atom. The van der Waals surface area contributed by atoms with Gasteiger partial charge >= 0.3 is 0 Å². The number of amides is 1. The molecular weight excluding hydrogens is 446 g/mol. The van der Waals surface area contributed by atoms with E-state index in [2.05, 4.69) is 5.32 Å². The number of hydrogen-bond donors (Lipinski definition) is 2. The van der Waals surface area contributed by atoms with Gasteiger partial charge in [0.05, 0.1) is 26.9 Å². The summed E-state index contributed by atoms with van der Waals surface area (Å²) < 4.78 is 36.1. The maximum Gasteiger partial charge on any atom is 0.258 e. The number of hydrogen-bond acceptors (Lipinski definition) is 6. The first-order valence-corrected chi connectivity index (χ1v) is 10.7. The smallest absolute Gasteiger partial charge is 0.258 e. The number of nitrogens with two attached hydrogens (primary N) is 1. The monoisotopic (exact) mass is 460 g/mol. The Hall–Kier alpha value is -2.93. The van der Waals surface area contributed by atoms with Crippen molar-refractivity contribution in [3.8, 4) is 22.9 Å². The molecule has 0 radical (unpaired) electrons. The first kappa shape index (κ1) is 20.0. The number of nitriles is 1. The summed E-state index contributed by atoms with van der Waals surface area (Å²) in [4.78, 5) is 14.7. The summed E-state index contributed by atoms with van der Waals surface area (Å²) in [6.45, 7) is 1.78. The molecule has 5 rings (SSSR count). The minimum absolute atomic E-state index is 0.0386. The molecule has 158 valence electrons. The number of nitrogens with one attached hydrogen (secondary N) is 1. The van der Waals surface area contributed by atoms with E-state index in [1.807, 2.05) is 6.07 Å². The number of piperazine rings is 1. The van der Waals surface area contributed by atoms with E-state index in [4.69, 9.17) is 22.1 Å². The van der Waals surface area contributed by atoms with Crippen molar-refractivity contribution in [2.75, 3.05) is 32.0 Å². The van der Waals surface area contributed by atoms with E-state index in [0.29, 0.717) is 19.6 Å². The summed E-state index contributed by atoms with van der Waals surface area (Å²) in [5, 5.41) is 13.0. The summed E-state index contributed by atoms with van der Waals surface area (Å²) >= 11 is 7.37.